The third-order valence-corrected chi connectivity index (χ3v) is 3.63. The average Bonchev–Trinajstić information content (AvgIpc) is 2.34. The van der Waals surface area contributed by atoms with Gasteiger partial charge in [-0.3, -0.25) is 4.98 Å². The van der Waals surface area contributed by atoms with Crippen molar-refractivity contribution in [2.45, 2.75) is 26.3 Å². The molecule has 0 fully saturated rings. The molecule has 2 nitrogen and oxygen atoms in total. The molecular weight excluding hydrogens is 300 g/mol. The lowest BCUT2D eigenvalue weighted by molar-refractivity contribution is 0.590. The van der Waals surface area contributed by atoms with E-state index in [1.54, 1.807) is 0 Å². The van der Waals surface area contributed by atoms with E-state index in [0.29, 0.717) is 6.04 Å². The normalized spacial score (nSPS) is 12.4. The number of aryl methyl sites for hydroxylation is 2. The molecule has 0 spiro atoms. The van der Waals surface area contributed by atoms with E-state index in [1.165, 1.54) is 22.3 Å². The zero-order valence-corrected chi connectivity index (χ0v) is 13.2. The summed E-state index contributed by atoms with van der Waals surface area (Å²) in [5, 5.41) is 3.40. The van der Waals surface area contributed by atoms with Gasteiger partial charge in [-0.2, -0.15) is 0 Å². The van der Waals surface area contributed by atoms with Crippen molar-refractivity contribution in [3.05, 3.63) is 63.4 Å². The zero-order chi connectivity index (χ0) is 13.8. The van der Waals surface area contributed by atoms with Crippen molar-refractivity contribution < 1.29 is 0 Å². The molecule has 3 heteroatoms. The average molecular weight is 319 g/mol. The molecule has 100 valence electrons. The van der Waals surface area contributed by atoms with E-state index in [0.717, 1.165) is 10.9 Å². The van der Waals surface area contributed by atoms with Gasteiger partial charge in [0.15, 0.2) is 0 Å². The second-order valence-corrected chi connectivity index (χ2v) is 5.89. The SMILES string of the molecule is CNC(Cc1cncc(Br)c1)c1cc(C)cc(C)c1. The van der Waals surface area contributed by atoms with Gasteiger partial charge >= 0.3 is 0 Å². The van der Waals surface area contributed by atoms with Gasteiger partial charge in [0.1, 0.15) is 0 Å². The fourth-order valence-electron chi connectivity index (χ4n) is 2.40. The number of nitrogens with one attached hydrogen (secondary N) is 1. The van der Waals surface area contributed by atoms with Gasteiger partial charge in [-0.25, -0.2) is 0 Å². The minimum atomic E-state index is 0.315. The highest BCUT2D eigenvalue weighted by Gasteiger charge is 2.11. The second kappa shape index (κ2) is 6.31. The molecule has 1 unspecified atom stereocenters. The van der Waals surface area contributed by atoms with Gasteiger partial charge in [0.25, 0.3) is 0 Å². The number of hydrogen-bond donors (Lipinski definition) is 1. The van der Waals surface area contributed by atoms with Gasteiger partial charge in [0.05, 0.1) is 0 Å². The standard InChI is InChI=1S/C16H19BrN2/c1-11-4-12(2)6-14(5-11)16(18-3)8-13-7-15(17)10-19-9-13/h4-7,9-10,16,18H,8H2,1-3H3. The molecule has 2 aromatic rings. The van der Waals surface area contributed by atoms with Crippen LogP contribution in [0.1, 0.15) is 28.3 Å². The monoisotopic (exact) mass is 318 g/mol. The molecule has 0 aliphatic rings. The maximum Gasteiger partial charge on any atom is 0.0410 e. The molecule has 0 saturated carbocycles. The van der Waals surface area contributed by atoms with Gasteiger partial charge in [-0.1, -0.05) is 29.3 Å². The topological polar surface area (TPSA) is 24.9 Å². The van der Waals surface area contributed by atoms with Gasteiger partial charge in [-0.05, 0) is 60.4 Å². The van der Waals surface area contributed by atoms with E-state index in [-0.39, 0.29) is 0 Å². The molecule has 0 radical (unpaired) electrons. The summed E-state index contributed by atoms with van der Waals surface area (Å²) in [7, 11) is 2.01. The van der Waals surface area contributed by atoms with Crippen LogP contribution in [0.15, 0.2) is 41.1 Å². The van der Waals surface area contributed by atoms with Gasteiger partial charge in [-0.15, -0.1) is 0 Å². The van der Waals surface area contributed by atoms with Crippen LogP contribution in [0, 0.1) is 13.8 Å². The largest absolute Gasteiger partial charge is 0.313 e. The molecular formula is C16H19BrN2. The Morgan fingerprint density at radius 2 is 1.79 bits per heavy atom. The lowest BCUT2D eigenvalue weighted by Gasteiger charge is -2.18. The molecule has 1 heterocycles. The molecule has 0 amide bonds. The predicted molar refractivity (Wildman–Crippen MR) is 83.4 cm³/mol. The summed E-state index contributed by atoms with van der Waals surface area (Å²) < 4.78 is 1.03. The first-order valence-electron chi connectivity index (χ1n) is 6.43. The van der Waals surface area contributed by atoms with Crippen molar-refractivity contribution in [1.29, 1.82) is 0 Å². The number of nitrogens with zero attached hydrogens (tertiary/aromatic N) is 1. The first kappa shape index (κ1) is 14.2. The van der Waals surface area contributed by atoms with E-state index in [4.69, 9.17) is 0 Å². The Morgan fingerprint density at radius 3 is 2.37 bits per heavy atom. The van der Waals surface area contributed by atoms with E-state index in [1.807, 2.05) is 19.4 Å². The fourth-order valence-corrected chi connectivity index (χ4v) is 2.81. The fraction of sp³-hybridized carbons (Fsp3) is 0.312. The molecule has 1 aromatic heterocycles. The number of benzene rings is 1. The van der Waals surface area contributed by atoms with E-state index < -0.39 is 0 Å². The van der Waals surface area contributed by atoms with Crippen LogP contribution in [0.5, 0.6) is 0 Å². The van der Waals surface area contributed by atoms with E-state index in [2.05, 4.69) is 64.3 Å². The van der Waals surface area contributed by atoms with Crippen molar-refractivity contribution in [3.8, 4) is 0 Å². The third-order valence-electron chi connectivity index (χ3n) is 3.20. The molecule has 1 atom stereocenters. The van der Waals surface area contributed by atoms with Crippen LogP contribution in [-0.2, 0) is 6.42 Å². The summed E-state index contributed by atoms with van der Waals surface area (Å²) in [6.07, 6.45) is 4.68. The van der Waals surface area contributed by atoms with Crippen LogP contribution in [0.25, 0.3) is 0 Å². The smallest absolute Gasteiger partial charge is 0.0410 e. The highest BCUT2D eigenvalue weighted by atomic mass is 79.9. The molecule has 2 rings (SSSR count). The van der Waals surface area contributed by atoms with Gasteiger partial charge in [0, 0.05) is 22.9 Å². The quantitative estimate of drug-likeness (QED) is 0.922. The van der Waals surface area contributed by atoms with Gasteiger partial charge in [0.2, 0.25) is 0 Å². The maximum absolute atomic E-state index is 4.23. The van der Waals surface area contributed by atoms with Crippen molar-refractivity contribution >= 4 is 15.9 Å². The Balaban J connectivity index is 2.24. The van der Waals surface area contributed by atoms with Crippen LogP contribution in [0.3, 0.4) is 0 Å². The molecule has 1 N–H and O–H groups in total. The third kappa shape index (κ3) is 3.88. The summed E-state index contributed by atoms with van der Waals surface area (Å²) >= 11 is 3.47. The predicted octanol–water partition coefficient (Wildman–Crippen LogP) is 3.96. The number of likely N-dealkylation sites (N-methyl/N-ethyl adjacent to an activating group) is 1. The van der Waals surface area contributed by atoms with E-state index in [9.17, 15) is 0 Å². The van der Waals surface area contributed by atoms with Crippen LogP contribution in [-0.4, -0.2) is 12.0 Å². The van der Waals surface area contributed by atoms with Crippen LogP contribution in [0.2, 0.25) is 0 Å². The molecule has 0 aliphatic carbocycles. The lowest BCUT2D eigenvalue weighted by atomic mass is 9.97. The van der Waals surface area contributed by atoms with Crippen LogP contribution in [0.4, 0.5) is 0 Å². The number of rotatable bonds is 4. The Labute approximate surface area is 123 Å². The van der Waals surface area contributed by atoms with Crippen molar-refractivity contribution in [1.82, 2.24) is 10.3 Å². The Hall–Kier alpha value is -1.19. The summed E-state index contributed by atoms with van der Waals surface area (Å²) in [4.78, 5) is 4.23. The minimum absolute atomic E-state index is 0.315. The molecule has 0 bridgehead atoms. The van der Waals surface area contributed by atoms with Crippen molar-refractivity contribution in [3.63, 3.8) is 0 Å². The lowest BCUT2D eigenvalue weighted by Crippen LogP contribution is -2.19. The number of halogens is 1. The van der Waals surface area contributed by atoms with E-state index >= 15 is 0 Å². The first-order valence-corrected chi connectivity index (χ1v) is 7.22. The van der Waals surface area contributed by atoms with Crippen molar-refractivity contribution in [2.24, 2.45) is 0 Å². The number of pyridine rings is 1. The highest BCUT2D eigenvalue weighted by Crippen LogP contribution is 2.21. The van der Waals surface area contributed by atoms with Crippen LogP contribution < -0.4 is 5.32 Å². The summed E-state index contributed by atoms with van der Waals surface area (Å²) in [5.74, 6) is 0. The molecule has 0 saturated heterocycles. The number of aromatic nitrogens is 1. The van der Waals surface area contributed by atoms with Crippen LogP contribution >= 0.6 is 15.9 Å². The highest BCUT2D eigenvalue weighted by molar-refractivity contribution is 9.10. The Kier molecular flexibility index (Phi) is 4.72. The number of hydrogen-bond acceptors (Lipinski definition) is 2. The van der Waals surface area contributed by atoms with Gasteiger partial charge < -0.3 is 5.32 Å². The summed E-state index contributed by atoms with van der Waals surface area (Å²) in [6, 6.07) is 9.14. The molecule has 0 aliphatic heterocycles. The minimum Gasteiger partial charge on any atom is -0.313 e. The second-order valence-electron chi connectivity index (χ2n) is 4.98. The Morgan fingerprint density at radius 1 is 1.11 bits per heavy atom. The maximum atomic E-state index is 4.23. The molecule has 1 aromatic carbocycles. The summed E-state index contributed by atoms with van der Waals surface area (Å²) in [5.41, 5.74) is 5.18. The molecule has 19 heavy (non-hydrogen) atoms. The Bertz CT molecular complexity index is 546. The summed E-state index contributed by atoms with van der Waals surface area (Å²) in [6.45, 7) is 4.29. The van der Waals surface area contributed by atoms with Crippen molar-refractivity contribution in [2.75, 3.05) is 7.05 Å². The zero-order valence-electron chi connectivity index (χ0n) is 11.6. The first-order chi connectivity index (χ1) is 9.08.